The van der Waals surface area contributed by atoms with E-state index < -0.39 is 0 Å². The van der Waals surface area contributed by atoms with E-state index in [9.17, 15) is 4.79 Å². The number of aromatic nitrogens is 1. The average molecular weight is 217 g/mol. The molecule has 1 aromatic carbocycles. The van der Waals surface area contributed by atoms with Crippen LogP contribution in [0.1, 0.15) is 29.7 Å². The molecule has 2 rings (SSSR count). The number of hydrogen-bond donors (Lipinski definition) is 1. The van der Waals surface area contributed by atoms with Crippen LogP contribution < -0.4 is 0 Å². The fourth-order valence-corrected chi connectivity index (χ4v) is 2.17. The second-order valence-electron chi connectivity index (χ2n) is 4.12. The van der Waals surface area contributed by atoms with Crippen LogP contribution >= 0.6 is 0 Å². The van der Waals surface area contributed by atoms with Crippen molar-refractivity contribution in [2.75, 3.05) is 0 Å². The van der Waals surface area contributed by atoms with Crippen LogP contribution in [0.25, 0.3) is 10.9 Å². The van der Waals surface area contributed by atoms with E-state index in [-0.39, 0.29) is 6.10 Å². The van der Waals surface area contributed by atoms with E-state index in [1.807, 2.05) is 13.1 Å². The summed E-state index contributed by atoms with van der Waals surface area (Å²) in [7, 11) is 0. The molecule has 1 unspecified atom stereocenters. The lowest BCUT2D eigenvalue weighted by Gasteiger charge is -2.09. The van der Waals surface area contributed by atoms with Crippen molar-refractivity contribution in [2.24, 2.45) is 0 Å². The van der Waals surface area contributed by atoms with Crippen molar-refractivity contribution in [1.29, 1.82) is 0 Å². The molecule has 16 heavy (non-hydrogen) atoms. The lowest BCUT2D eigenvalue weighted by molar-refractivity contribution is -0.133. The zero-order valence-electron chi connectivity index (χ0n) is 9.70. The molecule has 0 amide bonds. The third-order valence-electron chi connectivity index (χ3n) is 2.85. The first-order valence-electron chi connectivity index (χ1n) is 5.31. The number of rotatable bonds is 3. The number of H-pyrrole nitrogens is 1. The van der Waals surface area contributed by atoms with Crippen LogP contribution in [-0.2, 0) is 9.53 Å². The Bertz CT molecular complexity index is 528. The summed E-state index contributed by atoms with van der Waals surface area (Å²) in [6, 6.07) is 4.23. The van der Waals surface area contributed by atoms with E-state index >= 15 is 0 Å². The Morgan fingerprint density at radius 1 is 1.38 bits per heavy atom. The van der Waals surface area contributed by atoms with Crippen LogP contribution in [-0.4, -0.2) is 11.5 Å². The molecule has 0 saturated heterocycles. The van der Waals surface area contributed by atoms with Gasteiger partial charge < -0.3 is 9.72 Å². The first-order valence-corrected chi connectivity index (χ1v) is 5.31. The first kappa shape index (κ1) is 10.7. The van der Waals surface area contributed by atoms with Gasteiger partial charge in [0.05, 0.1) is 0 Å². The van der Waals surface area contributed by atoms with Crippen molar-refractivity contribution in [1.82, 2.24) is 4.98 Å². The average Bonchev–Trinajstić information content (AvgIpc) is 2.61. The van der Waals surface area contributed by atoms with Gasteiger partial charge in [0.1, 0.15) is 6.10 Å². The summed E-state index contributed by atoms with van der Waals surface area (Å²) in [5.41, 5.74) is 4.54. The van der Waals surface area contributed by atoms with Crippen LogP contribution in [0.2, 0.25) is 0 Å². The lowest BCUT2D eigenvalue weighted by atomic mass is 10.0. The lowest BCUT2D eigenvalue weighted by Crippen LogP contribution is -1.97. The van der Waals surface area contributed by atoms with Gasteiger partial charge in [0.15, 0.2) is 0 Å². The zero-order valence-corrected chi connectivity index (χ0v) is 9.70. The van der Waals surface area contributed by atoms with Gasteiger partial charge in [-0.05, 0) is 38.0 Å². The van der Waals surface area contributed by atoms with Crippen LogP contribution in [0, 0.1) is 13.8 Å². The van der Waals surface area contributed by atoms with Gasteiger partial charge in [-0.25, -0.2) is 0 Å². The molecule has 0 saturated carbocycles. The molecule has 3 nitrogen and oxygen atoms in total. The minimum absolute atomic E-state index is 0.215. The van der Waals surface area contributed by atoms with Crippen molar-refractivity contribution in [3.63, 3.8) is 0 Å². The molecule has 84 valence electrons. The summed E-state index contributed by atoms with van der Waals surface area (Å²) in [6.07, 6.45) is 1.69. The minimum Gasteiger partial charge on any atom is -0.460 e. The first-order chi connectivity index (χ1) is 7.63. The summed E-state index contributed by atoms with van der Waals surface area (Å²) in [5, 5.41) is 1.15. The predicted molar refractivity (Wildman–Crippen MR) is 63.3 cm³/mol. The van der Waals surface area contributed by atoms with E-state index in [1.165, 1.54) is 11.1 Å². The molecule has 0 aliphatic heterocycles. The van der Waals surface area contributed by atoms with Crippen LogP contribution in [0.3, 0.4) is 0 Å². The summed E-state index contributed by atoms with van der Waals surface area (Å²) < 4.78 is 4.98. The summed E-state index contributed by atoms with van der Waals surface area (Å²) in [6.45, 7) is 6.50. The third kappa shape index (κ3) is 1.69. The molecular formula is C13H15NO2. The largest absolute Gasteiger partial charge is 0.460 e. The van der Waals surface area contributed by atoms with E-state index in [2.05, 4.69) is 31.0 Å². The van der Waals surface area contributed by atoms with E-state index in [1.54, 1.807) is 0 Å². The van der Waals surface area contributed by atoms with Crippen LogP contribution in [0.15, 0.2) is 18.3 Å². The fourth-order valence-electron chi connectivity index (χ4n) is 2.17. The molecule has 2 aromatic rings. The SMILES string of the molecule is Cc1cc(C)c2c(C(C)OC=O)c[nH]c2c1. The van der Waals surface area contributed by atoms with E-state index in [0.29, 0.717) is 6.47 Å². The number of aryl methyl sites for hydroxylation is 2. The summed E-state index contributed by atoms with van der Waals surface area (Å²) in [4.78, 5) is 13.6. The molecule has 0 radical (unpaired) electrons. The number of ether oxygens (including phenoxy) is 1. The molecular weight excluding hydrogens is 202 g/mol. The Morgan fingerprint density at radius 2 is 2.12 bits per heavy atom. The number of benzene rings is 1. The highest BCUT2D eigenvalue weighted by Gasteiger charge is 2.13. The van der Waals surface area contributed by atoms with E-state index in [0.717, 1.165) is 16.5 Å². The second-order valence-corrected chi connectivity index (χ2v) is 4.12. The Morgan fingerprint density at radius 3 is 2.81 bits per heavy atom. The number of nitrogens with one attached hydrogen (secondary N) is 1. The van der Waals surface area contributed by atoms with Crippen molar-refractivity contribution in [3.05, 3.63) is 35.0 Å². The molecule has 0 aliphatic rings. The molecule has 0 fully saturated rings. The molecule has 1 aromatic heterocycles. The molecule has 1 heterocycles. The summed E-state index contributed by atoms with van der Waals surface area (Å²) >= 11 is 0. The molecule has 1 N–H and O–H groups in total. The third-order valence-corrected chi connectivity index (χ3v) is 2.85. The smallest absolute Gasteiger partial charge is 0.293 e. The van der Waals surface area contributed by atoms with Gasteiger partial charge in [-0.2, -0.15) is 0 Å². The van der Waals surface area contributed by atoms with Crippen molar-refractivity contribution in [2.45, 2.75) is 26.9 Å². The Balaban J connectivity index is 2.59. The normalized spacial score (nSPS) is 12.7. The topological polar surface area (TPSA) is 42.1 Å². The van der Waals surface area contributed by atoms with Gasteiger partial charge in [0.2, 0.25) is 0 Å². The number of hydrogen-bond acceptors (Lipinski definition) is 2. The van der Waals surface area contributed by atoms with E-state index in [4.69, 9.17) is 4.74 Å². The maximum Gasteiger partial charge on any atom is 0.293 e. The second kappa shape index (κ2) is 4.00. The van der Waals surface area contributed by atoms with Crippen molar-refractivity contribution >= 4 is 17.4 Å². The van der Waals surface area contributed by atoms with Crippen molar-refractivity contribution < 1.29 is 9.53 Å². The molecule has 1 atom stereocenters. The Hall–Kier alpha value is -1.77. The molecule has 0 aliphatic carbocycles. The van der Waals surface area contributed by atoms with Crippen LogP contribution in [0.5, 0.6) is 0 Å². The molecule has 3 heteroatoms. The Kier molecular flexibility index (Phi) is 2.69. The maximum absolute atomic E-state index is 10.4. The van der Waals surface area contributed by atoms with Crippen molar-refractivity contribution in [3.8, 4) is 0 Å². The number of carbonyl (C=O) groups is 1. The fraction of sp³-hybridized carbons (Fsp3) is 0.308. The number of aromatic amines is 1. The van der Waals surface area contributed by atoms with Gasteiger partial charge in [-0.3, -0.25) is 4.79 Å². The van der Waals surface area contributed by atoms with Crippen LogP contribution in [0.4, 0.5) is 0 Å². The van der Waals surface area contributed by atoms with Gasteiger partial charge in [-0.1, -0.05) is 6.07 Å². The predicted octanol–water partition coefficient (Wildman–Crippen LogP) is 3.02. The van der Waals surface area contributed by atoms with Gasteiger partial charge >= 0.3 is 0 Å². The standard InChI is InChI=1S/C13H15NO2/c1-8-4-9(2)13-11(10(3)16-7-15)6-14-12(13)5-8/h4-7,10,14H,1-3H3. The maximum atomic E-state index is 10.4. The minimum atomic E-state index is -0.215. The zero-order chi connectivity index (χ0) is 11.7. The monoisotopic (exact) mass is 217 g/mol. The highest BCUT2D eigenvalue weighted by Crippen LogP contribution is 2.29. The molecule has 0 bridgehead atoms. The Labute approximate surface area is 94.4 Å². The highest BCUT2D eigenvalue weighted by atomic mass is 16.5. The number of fused-ring (bicyclic) bond motifs is 1. The highest BCUT2D eigenvalue weighted by molar-refractivity contribution is 5.87. The van der Waals surface area contributed by atoms with Gasteiger partial charge in [0.25, 0.3) is 6.47 Å². The quantitative estimate of drug-likeness (QED) is 0.803. The number of carbonyl (C=O) groups excluding carboxylic acids is 1. The molecule has 0 spiro atoms. The van der Waals surface area contributed by atoms with Gasteiger partial charge in [-0.15, -0.1) is 0 Å². The van der Waals surface area contributed by atoms with Gasteiger partial charge in [0, 0.05) is 22.7 Å². The summed E-state index contributed by atoms with van der Waals surface area (Å²) in [5.74, 6) is 0.